The molecule has 0 aliphatic rings. The number of aromatic nitrogens is 2. The van der Waals surface area contributed by atoms with Crippen LogP contribution in [-0.2, 0) is 6.54 Å². The van der Waals surface area contributed by atoms with Crippen molar-refractivity contribution in [1.29, 1.82) is 0 Å². The van der Waals surface area contributed by atoms with Gasteiger partial charge in [0.25, 0.3) is 0 Å². The van der Waals surface area contributed by atoms with Gasteiger partial charge in [-0.3, -0.25) is 0 Å². The number of nitrogens with one attached hydrogen (secondary N) is 1. The highest BCUT2D eigenvalue weighted by Crippen LogP contribution is 2.22. The molecule has 0 spiro atoms. The standard InChI is InChI=1S/C14H18BrN3/c1-3-4-8-18-9-7-16-14(18)17-12-5-6-13(15)11(2)10-12/h5-7,9-10H,3-4,8H2,1-2H3,(H,16,17). The van der Waals surface area contributed by atoms with Gasteiger partial charge < -0.3 is 9.88 Å². The highest BCUT2D eigenvalue weighted by molar-refractivity contribution is 9.10. The molecule has 3 nitrogen and oxygen atoms in total. The molecule has 2 aromatic rings. The van der Waals surface area contributed by atoms with E-state index < -0.39 is 0 Å². The number of rotatable bonds is 5. The zero-order chi connectivity index (χ0) is 13.0. The number of imidazole rings is 1. The molecule has 96 valence electrons. The summed E-state index contributed by atoms with van der Waals surface area (Å²) in [4.78, 5) is 4.36. The van der Waals surface area contributed by atoms with Crippen LogP contribution in [0.2, 0.25) is 0 Å². The summed E-state index contributed by atoms with van der Waals surface area (Å²) in [5, 5.41) is 3.36. The van der Waals surface area contributed by atoms with Crippen molar-refractivity contribution in [3.63, 3.8) is 0 Å². The van der Waals surface area contributed by atoms with Gasteiger partial charge in [-0.15, -0.1) is 0 Å². The van der Waals surface area contributed by atoms with Gasteiger partial charge in [-0.25, -0.2) is 4.98 Å². The molecular formula is C14H18BrN3. The average Bonchev–Trinajstić information content (AvgIpc) is 2.79. The zero-order valence-corrected chi connectivity index (χ0v) is 12.4. The lowest BCUT2D eigenvalue weighted by Crippen LogP contribution is -2.03. The highest BCUT2D eigenvalue weighted by Gasteiger charge is 2.03. The second-order valence-corrected chi connectivity index (χ2v) is 5.24. The first kappa shape index (κ1) is 13.1. The second kappa shape index (κ2) is 6.05. The normalized spacial score (nSPS) is 10.6. The maximum absolute atomic E-state index is 4.36. The quantitative estimate of drug-likeness (QED) is 0.881. The van der Waals surface area contributed by atoms with Gasteiger partial charge >= 0.3 is 0 Å². The Hall–Kier alpha value is -1.29. The summed E-state index contributed by atoms with van der Waals surface area (Å²) >= 11 is 3.51. The van der Waals surface area contributed by atoms with Crippen LogP contribution in [0.25, 0.3) is 0 Å². The van der Waals surface area contributed by atoms with Crippen LogP contribution in [0.3, 0.4) is 0 Å². The SMILES string of the molecule is CCCCn1ccnc1Nc1ccc(Br)c(C)c1. The van der Waals surface area contributed by atoms with E-state index in [0.717, 1.165) is 22.7 Å². The molecule has 0 amide bonds. The number of hydrogen-bond acceptors (Lipinski definition) is 2. The Labute approximate surface area is 116 Å². The summed E-state index contributed by atoms with van der Waals surface area (Å²) in [6.45, 7) is 5.29. The minimum atomic E-state index is 0.908. The summed E-state index contributed by atoms with van der Waals surface area (Å²) < 4.78 is 3.28. The third-order valence-electron chi connectivity index (χ3n) is 2.88. The van der Waals surface area contributed by atoms with E-state index in [-0.39, 0.29) is 0 Å². The van der Waals surface area contributed by atoms with Crippen LogP contribution in [0.5, 0.6) is 0 Å². The van der Waals surface area contributed by atoms with E-state index in [0.29, 0.717) is 0 Å². The third kappa shape index (κ3) is 3.13. The van der Waals surface area contributed by atoms with Gasteiger partial charge in [-0.05, 0) is 37.1 Å². The minimum Gasteiger partial charge on any atom is -0.326 e. The summed E-state index contributed by atoms with van der Waals surface area (Å²) in [5.41, 5.74) is 2.28. The number of benzene rings is 1. The van der Waals surface area contributed by atoms with E-state index in [1.54, 1.807) is 0 Å². The lowest BCUT2D eigenvalue weighted by Gasteiger charge is -2.10. The maximum Gasteiger partial charge on any atom is 0.207 e. The molecule has 4 heteroatoms. The average molecular weight is 308 g/mol. The minimum absolute atomic E-state index is 0.908. The maximum atomic E-state index is 4.36. The molecule has 0 bridgehead atoms. The number of nitrogens with zero attached hydrogens (tertiary/aromatic N) is 2. The molecule has 0 saturated heterocycles. The van der Waals surface area contributed by atoms with Gasteiger partial charge in [0.15, 0.2) is 0 Å². The lowest BCUT2D eigenvalue weighted by atomic mass is 10.2. The fraction of sp³-hybridized carbons (Fsp3) is 0.357. The van der Waals surface area contributed by atoms with Crippen LogP contribution >= 0.6 is 15.9 Å². The van der Waals surface area contributed by atoms with Gasteiger partial charge in [-0.2, -0.15) is 0 Å². The molecule has 0 aliphatic carbocycles. The number of hydrogen-bond donors (Lipinski definition) is 1. The first-order valence-electron chi connectivity index (χ1n) is 6.25. The van der Waals surface area contributed by atoms with Gasteiger partial charge in [0.1, 0.15) is 0 Å². The van der Waals surface area contributed by atoms with Crippen LogP contribution in [0, 0.1) is 6.92 Å². The molecule has 0 fully saturated rings. The Morgan fingerprint density at radius 3 is 2.94 bits per heavy atom. The van der Waals surface area contributed by atoms with Crippen molar-refractivity contribution in [3.8, 4) is 0 Å². The molecule has 18 heavy (non-hydrogen) atoms. The molecule has 1 aromatic heterocycles. The van der Waals surface area contributed by atoms with Gasteiger partial charge in [0, 0.05) is 29.1 Å². The summed E-state index contributed by atoms with van der Waals surface area (Å²) in [6, 6.07) is 6.22. The Morgan fingerprint density at radius 1 is 1.39 bits per heavy atom. The van der Waals surface area contributed by atoms with Crippen molar-refractivity contribution in [2.24, 2.45) is 0 Å². The molecule has 1 aromatic carbocycles. The molecule has 0 radical (unpaired) electrons. The summed E-state index contributed by atoms with van der Waals surface area (Å²) in [6.07, 6.45) is 6.22. The van der Waals surface area contributed by atoms with Gasteiger partial charge in [-0.1, -0.05) is 29.3 Å². The van der Waals surface area contributed by atoms with Crippen LogP contribution in [-0.4, -0.2) is 9.55 Å². The first-order valence-corrected chi connectivity index (χ1v) is 7.04. The van der Waals surface area contributed by atoms with Crippen LogP contribution in [0.15, 0.2) is 35.1 Å². The van der Waals surface area contributed by atoms with Gasteiger partial charge in [0.05, 0.1) is 0 Å². The predicted molar refractivity (Wildman–Crippen MR) is 79.3 cm³/mol. The molecular weight excluding hydrogens is 290 g/mol. The number of halogens is 1. The molecule has 0 atom stereocenters. The van der Waals surface area contributed by atoms with E-state index >= 15 is 0 Å². The van der Waals surface area contributed by atoms with Crippen molar-refractivity contribution in [3.05, 3.63) is 40.6 Å². The third-order valence-corrected chi connectivity index (χ3v) is 3.77. The van der Waals surface area contributed by atoms with Crippen molar-refractivity contribution in [2.45, 2.75) is 33.2 Å². The lowest BCUT2D eigenvalue weighted by molar-refractivity contribution is 0.638. The molecule has 0 aliphatic heterocycles. The van der Waals surface area contributed by atoms with Crippen molar-refractivity contribution < 1.29 is 0 Å². The van der Waals surface area contributed by atoms with Crippen molar-refractivity contribution >= 4 is 27.6 Å². The van der Waals surface area contributed by atoms with E-state index in [1.165, 1.54) is 18.4 Å². The fourth-order valence-electron chi connectivity index (χ4n) is 1.79. The van der Waals surface area contributed by atoms with Crippen LogP contribution in [0.4, 0.5) is 11.6 Å². The van der Waals surface area contributed by atoms with E-state index in [1.807, 2.05) is 12.4 Å². The Bertz CT molecular complexity index is 520. The van der Waals surface area contributed by atoms with E-state index in [2.05, 4.69) is 62.8 Å². The monoisotopic (exact) mass is 307 g/mol. The van der Waals surface area contributed by atoms with Crippen LogP contribution < -0.4 is 5.32 Å². The Kier molecular flexibility index (Phi) is 4.42. The Morgan fingerprint density at radius 2 is 2.22 bits per heavy atom. The van der Waals surface area contributed by atoms with Crippen LogP contribution in [0.1, 0.15) is 25.3 Å². The largest absolute Gasteiger partial charge is 0.326 e. The smallest absolute Gasteiger partial charge is 0.207 e. The van der Waals surface area contributed by atoms with Crippen molar-refractivity contribution in [2.75, 3.05) is 5.32 Å². The Balaban J connectivity index is 2.13. The van der Waals surface area contributed by atoms with E-state index in [9.17, 15) is 0 Å². The van der Waals surface area contributed by atoms with Gasteiger partial charge in [0.2, 0.25) is 5.95 Å². The summed E-state index contributed by atoms with van der Waals surface area (Å²) in [5.74, 6) is 0.908. The molecule has 0 saturated carbocycles. The highest BCUT2D eigenvalue weighted by atomic mass is 79.9. The topological polar surface area (TPSA) is 29.9 Å². The molecule has 2 rings (SSSR count). The number of anilines is 2. The molecule has 1 heterocycles. The molecule has 0 unspecified atom stereocenters. The predicted octanol–water partition coefficient (Wildman–Crippen LogP) is 4.50. The number of aryl methyl sites for hydroxylation is 2. The zero-order valence-electron chi connectivity index (χ0n) is 10.8. The fourth-order valence-corrected chi connectivity index (χ4v) is 2.04. The van der Waals surface area contributed by atoms with Crippen molar-refractivity contribution in [1.82, 2.24) is 9.55 Å². The second-order valence-electron chi connectivity index (χ2n) is 4.39. The molecule has 1 N–H and O–H groups in total. The van der Waals surface area contributed by atoms with E-state index in [4.69, 9.17) is 0 Å². The summed E-state index contributed by atoms with van der Waals surface area (Å²) in [7, 11) is 0. The first-order chi connectivity index (χ1) is 8.70. The number of unbranched alkanes of at least 4 members (excludes halogenated alkanes) is 1.